The van der Waals surface area contributed by atoms with Gasteiger partial charge in [-0.1, -0.05) is 12.1 Å². The van der Waals surface area contributed by atoms with Crippen LogP contribution in [0, 0.1) is 0 Å². The zero-order chi connectivity index (χ0) is 13.4. The molecule has 0 bridgehead atoms. The Kier molecular flexibility index (Phi) is 5.94. The highest BCUT2D eigenvalue weighted by molar-refractivity contribution is 5.91. The number of ether oxygens (including phenoxy) is 1. The number of hydrogen-bond donors (Lipinski definition) is 1. The van der Waals surface area contributed by atoms with Gasteiger partial charge in [-0.15, -0.1) is 0 Å². The third kappa shape index (κ3) is 5.50. The van der Waals surface area contributed by atoms with Crippen LogP contribution in [0.4, 0.5) is 0 Å². The molecule has 98 valence electrons. The fourth-order valence-electron chi connectivity index (χ4n) is 1.38. The summed E-state index contributed by atoms with van der Waals surface area (Å²) in [5.74, 6) is 0.699. The molecule has 1 aromatic carbocycles. The van der Waals surface area contributed by atoms with Crippen LogP contribution in [0.2, 0.25) is 0 Å². The molecule has 0 aromatic heterocycles. The molecule has 0 aliphatic rings. The van der Waals surface area contributed by atoms with Crippen LogP contribution < -0.4 is 10.1 Å². The van der Waals surface area contributed by atoms with Crippen LogP contribution >= 0.6 is 0 Å². The molecule has 0 spiro atoms. The predicted molar refractivity (Wildman–Crippen MR) is 73.6 cm³/mol. The molecule has 1 amide bonds. The summed E-state index contributed by atoms with van der Waals surface area (Å²) in [4.78, 5) is 13.5. The molecule has 1 N–H and O–H groups in total. The van der Waals surface area contributed by atoms with E-state index in [0.29, 0.717) is 6.54 Å². The van der Waals surface area contributed by atoms with Crippen molar-refractivity contribution in [2.75, 3.05) is 34.3 Å². The van der Waals surface area contributed by atoms with E-state index in [9.17, 15) is 4.79 Å². The molecule has 0 radical (unpaired) electrons. The number of nitrogens with one attached hydrogen (secondary N) is 1. The van der Waals surface area contributed by atoms with Gasteiger partial charge in [-0.2, -0.15) is 0 Å². The number of rotatable bonds is 6. The van der Waals surface area contributed by atoms with Crippen LogP contribution in [0.3, 0.4) is 0 Å². The number of carbonyl (C=O) groups excluding carboxylic acids is 1. The molecule has 0 aliphatic heterocycles. The quantitative estimate of drug-likeness (QED) is 0.773. The Hall–Kier alpha value is -1.81. The van der Waals surface area contributed by atoms with Gasteiger partial charge in [-0.3, -0.25) is 4.79 Å². The Balaban J connectivity index is 2.45. The maximum absolute atomic E-state index is 11.5. The van der Waals surface area contributed by atoms with Gasteiger partial charge < -0.3 is 15.0 Å². The first-order chi connectivity index (χ1) is 8.61. The van der Waals surface area contributed by atoms with Gasteiger partial charge in [0.05, 0.1) is 7.11 Å². The summed E-state index contributed by atoms with van der Waals surface area (Å²) in [5.41, 5.74) is 0.942. The van der Waals surface area contributed by atoms with Crippen LogP contribution in [-0.4, -0.2) is 45.1 Å². The number of hydrogen-bond acceptors (Lipinski definition) is 3. The van der Waals surface area contributed by atoms with E-state index in [2.05, 4.69) is 5.32 Å². The second kappa shape index (κ2) is 7.50. The number of nitrogens with zero attached hydrogens (tertiary/aromatic N) is 1. The summed E-state index contributed by atoms with van der Waals surface area (Å²) in [6.45, 7) is 1.48. The molecule has 0 aliphatic carbocycles. The van der Waals surface area contributed by atoms with Crippen LogP contribution in [0.5, 0.6) is 5.75 Å². The maximum atomic E-state index is 11.5. The first kappa shape index (κ1) is 14.3. The molecular weight excluding hydrogens is 228 g/mol. The van der Waals surface area contributed by atoms with E-state index < -0.39 is 0 Å². The van der Waals surface area contributed by atoms with E-state index in [1.807, 2.05) is 43.3 Å². The number of amides is 1. The van der Waals surface area contributed by atoms with Gasteiger partial charge in [0.2, 0.25) is 5.91 Å². The average molecular weight is 248 g/mol. The highest BCUT2D eigenvalue weighted by atomic mass is 16.5. The first-order valence-electron chi connectivity index (χ1n) is 5.86. The normalized spacial score (nSPS) is 10.9. The van der Waals surface area contributed by atoms with Crippen molar-refractivity contribution in [1.82, 2.24) is 10.2 Å². The Morgan fingerprint density at radius 2 is 2.22 bits per heavy atom. The Morgan fingerprint density at radius 1 is 1.44 bits per heavy atom. The third-order valence-electron chi connectivity index (χ3n) is 2.38. The lowest BCUT2D eigenvalue weighted by Crippen LogP contribution is -2.30. The number of likely N-dealkylation sites (N-methyl/N-ethyl adjacent to an activating group) is 1. The molecule has 1 aromatic rings. The summed E-state index contributed by atoms with van der Waals surface area (Å²) < 4.78 is 5.11. The second-order valence-electron chi connectivity index (χ2n) is 4.20. The van der Waals surface area contributed by atoms with Crippen LogP contribution in [0.25, 0.3) is 6.08 Å². The van der Waals surface area contributed by atoms with E-state index in [1.165, 1.54) is 6.08 Å². The van der Waals surface area contributed by atoms with Gasteiger partial charge in [0.25, 0.3) is 0 Å². The van der Waals surface area contributed by atoms with E-state index in [1.54, 1.807) is 13.2 Å². The van der Waals surface area contributed by atoms with Crippen molar-refractivity contribution in [1.29, 1.82) is 0 Å². The molecule has 0 atom stereocenters. The summed E-state index contributed by atoms with van der Waals surface area (Å²) in [7, 11) is 5.56. The van der Waals surface area contributed by atoms with Crippen LogP contribution in [0.1, 0.15) is 5.56 Å². The average Bonchev–Trinajstić information content (AvgIpc) is 2.36. The molecule has 1 rings (SSSR count). The molecule has 4 nitrogen and oxygen atoms in total. The number of benzene rings is 1. The fraction of sp³-hybridized carbons (Fsp3) is 0.357. The zero-order valence-corrected chi connectivity index (χ0v) is 11.1. The largest absolute Gasteiger partial charge is 0.497 e. The number of methoxy groups -OCH3 is 1. The molecule has 0 fully saturated rings. The smallest absolute Gasteiger partial charge is 0.244 e. The third-order valence-corrected chi connectivity index (χ3v) is 2.38. The van der Waals surface area contributed by atoms with Crippen molar-refractivity contribution in [2.45, 2.75) is 0 Å². The molecular formula is C14H20N2O2. The maximum Gasteiger partial charge on any atom is 0.244 e. The molecule has 0 heterocycles. The van der Waals surface area contributed by atoms with Gasteiger partial charge in [0.1, 0.15) is 5.75 Å². The fourth-order valence-corrected chi connectivity index (χ4v) is 1.38. The van der Waals surface area contributed by atoms with Crippen molar-refractivity contribution < 1.29 is 9.53 Å². The molecule has 18 heavy (non-hydrogen) atoms. The minimum absolute atomic E-state index is 0.0836. The summed E-state index contributed by atoms with van der Waals surface area (Å²) in [5, 5.41) is 2.81. The Morgan fingerprint density at radius 3 is 2.89 bits per heavy atom. The van der Waals surface area contributed by atoms with E-state index >= 15 is 0 Å². The summed E-state index contributed by atoms with van der Waals surface area (Å²) in [6.07, 6.45) is 3.30. The monoisotopic (exact) mass is 248 g/mol. The zero-order valence-electron chi connectivity index (χ0n) is 11.1. The Labute approximate surface area is 108 Å². The lowest BCUT2D eigenvalue weighted by molar-refractivity contribution is -0.116. The second-order valence-corrected chi connectivity index (χ2v) is 4.20. The van der Waals surface area contributed by atoms with Crippen molar-refractivity contribution in [2.24, 2.45) is 0 Å². The van der Waals surface area contributed by atoms with Crippen molar-refractivity contribution >= 4 is 12.0 Å². The predicted octanol–water partition coefficient (Wildman–Crippen LogP) is 1.39. The summed E-state index contributed by atoms with van der Waals surface area (Å²) in [6, 6.07) is 7.56. The van der Waals surface area contributed by atoms with Gasteiger partial charge in [-0.25, -0.2) is 0 Å². The Bertz CT molecular complexity index is 414. The van der Waals surface area contributed by atoms with E-state index in [-0.39, 0.29) is 5.91 Å². The molecule has 0 saturated heterocycles. The minimum Gasteiger partial charge on any atom is -0.497 e. The van der Waals surface area contributed by atoms with Gasteiger partial charge in [-0.05, 0) is 37.9 Å². The van der Waals surface area contributed by atoms with Crippen LogP contribution in [-0.2, 0) is 4.79 Å². The molecule has 4 heteroatoms. The lowest BCUT2D eigenvalue weighted by atomic mass is 10.2. The highest BCUT2D eigenvalue weighted by Gasteiger charge is 1.96. The first-order valence-corrected chi connectivity index (χ1v) is 5.86. The van der Waals surface area contributed by atoms with Gasteiger partial charge in [0, 0.05) is 19.2 Å². The van der Waals surface area contributed by atoms with Gasteiger partial charge >= 0.3 is 0 Å². The SMILES string of the molecule is COc1cccc(/C=C/C(=O)NCCN(C)C)c1. The standard InChI is InChI=1S/C14H20N2O2/c1-16(2)10-9-15-14(17)8-7-12-5-4-6-13(11-12)18-3/h4-8,11H,9-10H2,1-3H3,(H,15,17)/b8-7+. The van der Waals surface area contributed by atoms with Crippen molar-refractivity contribution in [3.63, 3.8) is 0 Å². The van der Waals surface area contributed by atoms with Crippen molar-refractivity contribution in [3.8, 4) is 5.75 Å². The topological polar surface area (TPSA) is 41.6 Å². The van der Waals surface area contributed by atoms with Crippen LogP contribution in [0.15, 0.2) is 30.3 Å². The van der Waals surface area contributed by atoms with Gasteiger partial charge in [0.15, 0.2) is 0 Å². The minimum atomic E-state index is -0.0836. The molecule has 0 saturated carbocycles. The summed E-state index contributed by atoms with van der Waals surface area (Å²) >= 11 is 0. The molecule has 0 unspecified atom stereocenters. The highest BCUT2D eigenvalue weighted by Crippen LogP contribution is 2.13. The van der Waals surface area contributed by atoms with E-state index in [4.69, 9.17) is 4.74 Å². The van der Waals surface area contributed by atoms with E-state index in [0.717, 1.165) is 17.9 Å². The van der Waals surface area contributed by atoms with Crippen molar-refractivity contribution in [3.05, 3.63) is 35.9 Å². The number of carbonyl (C=O) groups is 1. The lowest BCUT2D eigenvalue weighted by Gasteiger charge is -2.08.